The standard InChI is InChI=1S/C17H16N2O2/c1-13-6-2-3-7-15(13)12-19-17(21)16-14(9-5-11-20)8-4-10-18-16/h2-4,6-8,10,20H,11-12H2,1H3,(H,19,21). The Balaban J connectivity index is 2.12. The van der Waals surface area contributed by atoms with Gasteiger partial charge in [0.25, 0.3) is 5.91 Å². The molecule has 0 atom stereocenters. The van der Waals surface area contributed by atoms with Gasteiger partial charge in [0, 0.05) is 12.7 Å². The number of hydrogen-bond acceptors (Lipinski definition) is 3. The van der Waals surface area contributed by atoms with E-state index in [0.29, 0.717) is 12.1 Å². The number of aliphatic hydroxyl groups is 1. The molecule has 0 saturated carbocycles. The molecule has 0 spiro atoms. The quantitative estimate of drug-likeness (QED) is 0.841. The number of pyridine rings is 1. The van der Waals surface area contributed by atoms with Crippen molar-refractivity contribution in [2.75, 3.05) is 6.61 Å². The highest BCUT2D eigenvalue weighted by Gasteiger charge is 2.11. The van der Waals surface area contributed by atoms with Gasteiger partial charge in [0.05, 0.1) is 5.56 Å². The molecule has 2 aromatic rings. The number of rotatable bonds is 3. The van der Waals surface area contributed by atoms with E-state index in [0.717, 1.165) is 11.1 Å². The highest BCUT2D eigenvalue weighted by atomic mass is 16.2. The third-order valence-electron chi connectivity index (χ3n) is 3.03. The van der Waals surface area contributed by atoms with E-state index in [1.165, 1.54) is 0 Å². The lowest BCUT2D eigenvalue weighted by molar-refractivity contribution is 0.0945. The summed E-state index contributed by atoms with van der Waals surface area (Å²) < 4.78 is 0. The summed E-state index contributed by atoms with van der Waals surface area (Å²) in [5.74, 6) is 4.98. The molecule has 21 heavy (non-hydrogen) atoms. The van der Waals surface area contributed by atoms with Crippen molar-refractivity contribution < 1.29 is 9.90 Å². The van der Waals surface area contributed by atoms with E-state index in [9.17, 15) is 4.79 Å². The first-order valence-corrected chi connectivity index (χ1v) is 6.60. The molecule has 1 amide bonds. The van der Waals surface area contributed by atoms with Gasteiger partial charge in [-0.2, -0.15) is 0 Å². The maximum Gasteiger partial charge on any atom is 0.271 e. The van der Waals surface area contributed by atoms with Crippen LogP contribution in [0.1, 0.15) is 27.2 Å². The molecule has 2 rings (SSSR count). The minimum absolute atomic E-state index is 0.251. The predicted octanol–water partition coefficient (Wildman–Crippen LogP) is 1.66. The zero-order valence-corrected chi connectivity index (χ0v) is 11.8. The molecule has 0 aliphatic carbocycles. The molecule has 0 fully saturated rings. The topological polar surface area (TPSA) is 62.2 Å². The summed E-state index contributed by atoms with van der Waals surface area (Å²) in [7, 11) is 0. The lowest BCUT2D eigenvalue weighted by Gasteiger charge is -2.08. The highest BCUT2D eigenvalue weighted by Crippen LogP contribution is 2.08. The number of aromatic nitrogens is 1. The first-order chi connectivity index (χ1) is 10.2. The van der Waals surface area contributed by atoms with Crippen LogP contribution in [-0.4, -0.2) is 22.6 Å². The first kappa shape index (κ1) is 14.8. The van der Waals surface area contributed by atoms with E-state index >= 15 is 0 Å². The monoisotopic (exact) mass is 280 g/mol. The van der Waals surface area contributed by atoms with Crippen LogP contribution in [0.25, 0.3) is 0 Å². The molecule has 0 unspecified atom stereocenters. The summed E-state index contributed by atoms with van der Waals surface area (Å²) in [6.45, 7) is 2.19. The Morgan fingerprint density at radius 2 is 2.10 bits per heavy atom. The number of aryl methyl sites for hydroxylation is 1. The van der Waals surface area contributed by atoms with Crippen LogP contribution in [0.3, 0.4) is 0 Å². The molecule has 4 heteroatoms. The SMILES string of the molecule is Cc1ccccc1CNC(=O)c1ncccc1C#CCO. The molecule has 0 radical (unpaired) electrons. The van der Waals surface area contributed by atoms with Crippen LogP contribution in [-0.2, 0) is 6.54 Å². The van der Waals surface area contributed by atoms with Gasteiger partial charge in [-0.15, -0.1) is 0 Å². The fraction of sp³-hybridized carbons (Fsp3) is 0.176. The van der Waals surface area contributed by atoms with Crippen molar-refractivity contribution in [2.45, 2.75) is 13.5 Å². The van der Waals surface area contributed by atoms with Crippen molar-refractivity contribution in [1.29, 1.82) is 0 Å². The van der Waals surface area contributed by atoms with Crippen molar-refractivity contribution in [3.8, 4) is 11.8 Å². The van der Waals surface area contributed by atoms with Gasteiger partial charge < -0.3 is 10.4 Å². The average Bonchev–Trinajstić information content (AvgIpc) is 2.52. The number of carbonyl (C=O) groups is 1. The lowest BCUT2D eigenvalue weighted by atomic mass is 10.1. The molecule has 1 aromatic carbocycles. The zero-order chi connectivity index (χ0) is 15.1. The second kappa shape index (κ2) is 7.22. The molecule has 0 aliphatic heterocycles. The molecule has 1 aromatic heterocycles. The van der Waals surface area contributed by atoms with Gasteiger partial charge in [0.2, 0.25) is 0 Å². The number of amides is 1. The normalized spacial score (nSPS) is 9.62. The molecule has 4 nitrogen and oxygen atoms in total. The Labute approximate surface area is 123 Å². The van der Waals surface area contributed by atoms with Crippen molar-refractivity contribution >= 4 is 5.91 Å². The summed E-state index contributed by atoms with van der Waals surface area (Å²) in [4.78, 5) is 16.3. The van der Waals surface area contributed by atoms with Gasteiger partial charge in [-0.1, -0.05) is 36.1 Å². The Morgan fingerprint density at radius 3 is 2.86 bits per heavy atom. The van der Waals surface area contributed by atoms with Crippen LogP contribution in [0.5, 0.6) is 0 Å². The van der Waals surface area contributed by atoms with Crippen LogP contribution in [0.4, 0.5) is 0 Å². The van der Waals surface area contributed by atoms with E-state index in [4.69, 9.17) is 5.11 Å². The van der Waals surface area contributed by atoms with Crippen LogP contribution in [0.2, 0.25) is 0 Å². The minimum atomic E-state index is -0.277. The van der Waals surface area contributed by atoms with E-state index in [2.05, 4.69) is 22.1 Å². The molecule has 1 heterocycles. The number of nitrogens with zero attached hydrogens (tertiary/aromatic N) is 1. The number of hydrogen-bond donors (Lipinski definition) is 2. The molecule has 106 valence electrons. The summed E-state index contributed by atoms with van der Waals surface area (Å²) in [6.07, 6.45) is 1.55. The number of nitrogens with one attached hydrogen (secondary N) is 1. The minimum Gasteiger partial charge on any atom is -0.384 e. The van der Waals surface area contributed by atoms with Crippen molar-refractivity contribution in [3.63, 3.8) is 0 Å². The van der Waals surface area contributed by atoms with Crippen LogP contribution >= 0.6 is 0 Å². The third kappa shape index (κ3) is 3.91. The van der Waals surface area contributed by atoms with E-state index in [1.807, 2.05) is 31.2 Å². The van der Waals surface area contributed by atoms with Crippen molar-refractivity contribution in [1.82, 2.24) is 10.3 Å². The van der Waals surface area contributed by atoms with Crippen molar-refractivity contribution in [3.05, 3.63) is 65.0 Å². The summed E-state index contributed by atoms with van der Waals surface area (Å²) in [6, 6.07) is 11.3. The summed E-state index contributed by atoms with van der Waals surface area (Å²) >= 11 is 0. The van der Waals surface area contributed by atoms with Crippen LogP contribution in [0, 0.1) is 18.8 Å². The van der Waals surface area contributed by atoms with Gasteiger partial charge in [-0.05, 0) is 30.2 Å². The maximum atomic E-state index is 12.2. The molecule has 0 aliphatic rings. The Morgan fingerprint density at radius 1 is 1.29 bits per heavy atom. The van der Waals surface area contributed by atoms with Gasteiger partial charge in [-0.3, -0.25) is 4.79 Å². The third-order valence-corrected chi connectivity index (χ3v) is 3.03. The van der Waals surface area contributed by atoms with E-state index in [1.54, 1.807) is 18.3 Å². The Hall–Kier alpha value is -2.64. The second-order valence-corrected chi connectivity index (χ2v) is 4.47. The molecule has 0 bridgehead atoms. The summed E-state index contributed by atoms with van der Waals surface area (Å²) in [5.41, 5.74) is 2.96. The smallest absolute Gasteiger partial charge is 0.271 e. The van der Waals surface area contributed by atoms with Gasteiger partial charge >= 0.3 is 0 Å². The lowest BCUT2D eigenvalue weighted by Crippen LogP contribution is -2.25. The zero-order valence-electron chi connectivity index (χ0n) is 11.8. The molecule has 2 N–H and O–H groups in total. The fourth-order valence-electron chi connectivity index (χ4n) is 1.89. The molecule has 0 saturated heterocycles. The molecular formula is C17H16N2O2. The fourth-order valence-corrected chi connectivity index (χ4v) is 1.89. The largest absolute Gasteiger partial charge is 0.384 e. The van der Waals surface area contributed by atoms with Crippen LogP contribution < -0.4 is 5.32 Å². The average molecular weight is 280 g/mol. The second-order valence-electron chi connectivity index (χ2n) is 4.47. The number of carbonyl (C=O) groups excluding carboxylic acids is 1. The highest BCUT2D eigenvalue weighted by molar-refractivity contribution is 5.94. The van der Waals surface area contributed by atoms with Gasteiger partial charge in [0.1, 0.15) is 12.3 Å². The summed E-state index contributed by atoms with van der Waals surface area (Å²) in [5, 5.41) is 11.6. The van der Waals surface area contributed by atoms with E-state index < -0.39 is 0 Å². The predicted molar refractivity (Wildman–Crippen MR) is 80.6 cm³/mol. The molecular weight excluding hydrogens is 264 g/mol. The number of aliphatic hydroxyl groups excluding tert-OH is 1. The van der Waals surface area contributed by atoms with Crippen LogP contribution in [0.15, 0.2) is 42.6 Å². The maximum absolute atomic E-state index is 12.2. The van der Waals surface area contributed by atoms with Gasteiger partial charge in [-0.25, -0.2) is 4.98 Å². The van der Waals surface area contributed by atoms with E-state index in [-0.39, 0.29) is 18.2 Å². The van der Waals surface area contributed by atoms with Crippen molar-refractivity contribution in [2.24, 2.45) is 0 Å². The Kier molecular flexibility index (Phi) is 5.08. The first-order valence-electron chi connectivity index (χ1n) is 6.60. The van der Waals surface area contributed by atoms with Gasteiger partial charge in [0.15, 0.2) is 0 Å². The number of benzene rings is 1. The Bertz CT molecular complexity index is 699.